The molecule has 0 bridgehead atoms. The topological polar surface area (TPSA) is 281 Å². The van der Waals surface area contributed by atoms with E-state index in [4.69, 9.17) is 9.47 Å². The summed E-state index contributed by atoms with van der Waals surface area (Å²) in [4.78, 5) is 146. The van der Waals surface area contributed by atoms with Gasteiger partial charge in [-0.15, -0.1) is 0 Å². The predicted molar refractivity (Wildman–Crippen MR) is 241 cm³/mol. The van der Waals surface area contributed by atoms with Gasteiger partial charge in [0.1, 0.15) is 29.3 Å². The first-order valence-corrected chi connectivity index (χ1v) is 22.7. The first-order valence-electron chi connectivity index (χ1n) is 22.7. The van der Waals surface area contributed by atoms with Gasteiger partial charge in [-0.05, 0) is 104 Å². The number of esters is 4. The summed E-state index contributed by atoms with van der Waals surface area (Å²) >= 11 is 0. The van der Waals surface area contributed by atoms with Gasteiger partial charge in [-0.1, -0.05) is 24.3 Å². The van der Waals surface area contributed by atoms with Crippen LogP contribution >= 0.6 is 0 Å². The molecule has 0 aromatic heterocycles. The summed E-state index contributed by atoms with van der Waals surface area (Å²) in [5.41, 5.74) is 2.41. The first-order chi connectivity index (χ1) is 32.7. The molecule has 22 heteroatoms. The number of nitrogens with zero attached hydrogens (tertiary/aromatic N) is 5. The number of hydrazine groups is 2. The van der Waals surface area contributed by atoms with Crippen LogP contribution in [-0.4, -0.2) is 150 Å². The normalized spacial score (nSPS) is 20.5. The van der Waals surface area contributed by atoms with Gasteiger partial charge in [-0.25, -0.2) is 24.8 Å². The van der Waals surface area contributed by atoms with Gasteiger partial charge >= 0.3 is 29.8 Å². The van der Waals surface area contributed by atoms with Gasteiger partial charge in [-0.3, -0.25) is 63.0 Å². The Bertz CT molecular complexity index is 2400. The molecule has 22 nitrogen and oxygen atoms in total. The monoisotopic (exact) mass is 974 g/mol. The van der Waals surface area contributed by atoms with Crippen molar-refractivity contribution in [2.45, 2.75) is 142 Å². The number of carbonyl (C=O) groups excluding carboxylic acids is 11. The smallest absolute Gasteiger partial charge is 0.337 e. The zero-order valence-electron chi connectivity index (χ0n) is 40.3. The maximum atomic E-state index is 12.7. The third-order valence-corrected chi connectivity index (χ3v) is 11.2. The molecule has 0 saturated carbocycles. The highest BCUT2D eigenvalue weighted by atomic mass is 16.6. The lowest BCUT2D eigenvalue weighted by molar-refractivity contribution is -0.187. The van der Waals surface area contributed by atoms with Gasteiger partial charge in [0.05, 0.1) is 22.3 Å². The molecule has 3 saturated heterocycles. The SMILES string of the molecule is CC(=O)N1CCCC(C(=O)OC(C)(C)C)N1C(C)=O.CC(C)(C)OC(=O)C1CCCN(C(=O)CC[C@@H](C(=O)O)N2C(=O)c3ccccc3C2=O)N1.O=C1CC[C@H](N2C(=O)c3ccccc3C2=O)C(=O)O1. The van der Waals surface area contributed by atoms with Crippen LogP contribution in [0.4, 0.5) is 0 Å². The Morgan fingerprint density at radius 2 is 1.20 bits per heavy atom. The second kappa shape index (κ2) is 21.9. The van der Waals surface area contributed by atoms with Crippen LogP contribution in [0.5, 0.6) is 0 Å². The quantitative estimate of drug-likeness (QED) is 0.166. The standard InChI is InChI=1S/C22H27N3O7.C13H22N2O4.C13H9NO5/c1-22(2,3)32-21(31)15-9-6-12-24(23-15)17(26)11-10-16(20(29)30)25-18(27)13-7-4-5-8-14(13)19(25)28;1-9(16)14-8-6-7-11(15(14)10(2)17)12(18)19-13(3,4)5;15-10-6-5-9(13(18)19-10)14-11(16)7-3-1-2-4-8(7)12(14)17/h4-5,7-8,15-16,23H,6,9-12H2,1-3H3,(H,29,30);11H,6-8H2,1-5H3;1-4,9H,5-6H2/t15?,16-;;9-/m0.0/s1. The number of nitrogens with one attached hydrogen (secondary N) is 1. The molecular weight excluding hydrogens is 917 g/mol. The van der Waals surface area contributed by atoms with Crippen LogP contribution in [0.3, 0.4) is 0 Å². The molecule has 2 aromatic rings. The summed E-state index contributed by atoms with van der Waals surface area (Å²) in [5.74, 6) is -7.19. The van der Waals surface area contributed by atoms with Gasteiger partial charge in [0.2, 0.25) is 17.7 Å². The minimum absolute atomic E-state index is 0.0177. The Kier molecular flexibility index (Phi) is 16.8. The van der Waals surface area contributed by atoms with E-state index in [0.717, 1.165) is 4.90 Å². The highest BCUT2D eigenvalue weighted by molar-refractivity contribution is 6.23. The van der Waals surface area contributed by atoms with Crippen LogP contribution in [0.15, 0.2) is 48.5 Å². The van der Waals surface area contributed by atoms with Crippen LogP contribution in [0.1, 0.15) is 148 Å². The van der Waals surface area contributed by atoms with Crippen LogP contribution in [0.2, 0.25) is 0 Å². The molecule has 2 aromatic carbocycles. The van der Waals surface area contributed by atoms with Crippen molar-refractivity contribution in [1.82, 2.24) is 30.3 Å². The van der Waals surface area contributed by atoms with E-state index >= 15 is 0 Å². The highest BCUT2D eigenvalue weighted by Gasteiger charge is 2.46. The zero-order valence-corrected chi connectivity index (χ0v) is 40.3. The Balaban J connectivity index is 0.000000207. The largest absolute Gasteiger partial charge is 0.480 e. The van der Waals surface area contributed by atoms with Gasteiger partial charge in [0.25, 0.3) is 23.6 Å². The fourth-order valence-corrected chi connectivity index (χ4v) is 8.21. The minimum Gasteiger partial charge on any atom is -0.480 e. The van der Waals surface area contributed by atoms with E-state index < -0.39 is 94.8 Å². The number of rotatable bonds is 8. The van der Waals surface area contributed by atoms with E-state index in [0.29, 0.717) is 43.7 Å². The fraction of sp³-hybridized carbons (Fsp3) is 0.500. The molecule has 3 fully saturated rings. The summed E-state index contributed by atoms with van der Waals surface area (Å²) in [5, 5.41) is 13.5. The molecule has 70 heavy (non-hydrogen) atoms. The molecule has 0 radical (unpaired) electrons. The number of imide groups is 2. The van der Waals surface area contributed by atoms with E-state index in [-0.39, 0.29) is 59.8 Å². The van der Waals surface area contributed by atoms with E-state index in [2.05, 4.69) is 10.2 Å². The van der Waals surface area contributed by atoms with Crippen molar-refractivity contribution in [3.8, 4) is 0 Å². The Labute approximate surface area is 403 Å². The minimum atomic E-state index is -1.47. The highest BCUT2D eigenvalue weighted by Crippen LogP contribution is 2.29. The molecule has 0 aliphatic carbocycles. The van der Waals surface area contributed by atoms with Crippen LogP contribution in [-0.2, 0) is 52.6 Å². The summed E-state index contributed by atoms with van der Waals surface area (Å²) in [6.45, 7) is 14.1. The number of cyclic esters (lactones) is 2. The second-order valence-electron chi connectivity index (χ2n) is 18.9. The number of fused-ring (bicyclic) bond motifs is 2. The Morgan fingerprint density at radius 1 is 0.700 bits per heavy atom. The zero-order chi connectivity index (χ0) is 52.0. The van der Waals surface area contributed by atoms with Gasteiger partial charge in [0.15, 0.2) is 6.04 Å². The molecule has 5 aliphatic heterocycles. The third-order valence-electron chi connectivity index (χ3n) is 11.2. The summed E-state index contributed by atoms with van der Waals surface area (Å²) in [6.07, 6.45) is 1.93. The van der Waals surface area contributed by atoms with E-state index in [1.807, 2.05) is 0 Å². The van der Waals surface area contributed by atoms with Crippen LogP contribution < -0.4 is 5.43 Å². The molecule has 0 spiro atoms. The van der Waals surface area contributed by atoms with Crippen molar-refractivity contribution in [2.75, 3.05) is 13.1 Å². The molecule has 7 rings (SSSR count). The summed E-state index contributed by atoms with van der Waals surface area (Å²) in [6, 6.07) is 8.61. The van der Waals surface area contributed by atoms with Gasteiger partial charge in [-0.2, -0.15) is 0 Å². The van der Waals surface area contributed by atoms with Gasteiger partial charge < -0.3 is 19.3 Å². The maximum Gasteiger partial charge on any atom is 0.337 e. The summed E-state index contributed by atoms with van der Waals surface area (Å²) in [7, 11) is 0. The first kappa shape index (κ1) is 53.6. The number of amides is 7. The number of benzene rings is 2. The molecule has 376 valence electrons. The Hall–Kier alpha value is -7.36. The number of ether oxygens (including phenoxy) is 3. The number of carboxylic acid groups (broad SMARTS) is 1. The van der Waals surface area contributed by atoms with Gasteiger partial charge in [0, 0.05) is 39.8 Å². The molecule has 5 heterocycles. The van der Waals surface area contributed by atoms with Crippen molar-refractivity contribution >= 4 is 71.2 Å². The van der Waals surface area contributed by atoms with Crippen LogP contribution in [0.25, 0.3) is 0 Å². The average Bonchev–Trinajstić information content (AvgIpc) is 3.69. The summed E-state index contributed by atoms with van der Waals surface area (Å²) < 4.78 is 15.2. The second-order valence-corrected chi connectivity index (χ2v) is 18.9. The fourth-order valence-electron chi connectivity index (χ4n) is 8.21. The van der Waals surface area contributed by atoms with E-state index in [9.17, 15) is 62.6 Å². The number of hydrogen-bond donors (Lipinski definition) is 2. The number of carboxylic acids is 1. The number of aliphatic carboxylic acids is 1. The predicted octanol–water partition coefficient (Wildman–Crippen LogP) is 2.97. The van der Waals surface area contributed by atoms with Crippen molar-refractivity contribution < 1.29 is 76.9 Å². The lowest BCUT2D eigenvalue weighted by Crippen LogP contribution is -2.59. The molecule has 5 aliphatic rings. The van der Waals surface area contributed by atoms with Crippen LogP contribution in [0, 0.1) is 0 Å². The van der Waals surface area contributed by atoms with Crippen molar-refractivity contribution in [1.29, 1.82) is 0 Å². The van der Waals surface area contributed by atoms with E-state index in [1.54, 1.807) is 65.8 Å². The lowest BCUT2D eigenvalue weighted by atomic mass is 10.1. The lowest BCUT2D eigenvalue weighted by Gasteiger charge is -2.42. The average molecular weight is 975 g/mol. The number of hydrogen-bond acceptors (Lipinski definition) is 16. The molecular formula is C48H58N6O16. The Morgan fingerprint density at radius 3 is 1.67 bits per heavy atom. The molecule has 2 N–H and O–H groups in total. The number of carbonyl (C=O) groups is 12. The van der Waals surface area contributed by atoms with Crippen molar-refractivity contribution in [3.63, 3.8) is 0 Å². The van der Waals surface area contributed by atoms with Crippen molar-refractivity contribution in [3.05, 3.63) is 70.8 Å². The van der Waals surface area contributed by atoms with Crippen molar-refractivity contribution in [2.24, 2.45) is 0 Å². The molecule has 4 atom stereocenters. The molecule has 2 unspecified atom stereocenters. The third kappa shape index (κ3) is 12.6. The molecule has 7 amide bonds. The van der Waals surface area contributed by atoms with E-state index in [1.165, 1.54) is 53.1 Å². The maximum absolute atomic E-state index is 12.7.